The van der Waals surface area contributed by atoms with Crippen LogP contribution < -0.4 is 4.74 Å². The Kier molecular flexibility index (Phi) is 4.35. The number of halogens is 1. The molecule has 0 radical (unpaired) electrons. The number of allylic oxidation sites excluding steroid dienone is 1. The maximum atomic E-state index is 12.8. The van der Waals surface area contributed by atoms with E-state index in [4.69, 9.17) is 4.74 Å². The minimum atomic E-state index is -0.199. The van der Waals surface area contributed by atoms with Gasteiger partial charge in [0, 0.05) is 0 Å². The number of rotatable bonds is 4. The van der Waals surface area contributed by atoms with Gasteiger partial charge in [-0.25, -0.2) is 4.39 Å². The van der Waals surface area contributed by atoms with E-state index in [9.17, 15) is 4.39 Å². The molecule has 0 heterocycles. The molecule has 0 bridgehead atoms. The second-order valence-electron chi connectivity index (χ2n) is 4.47. The molecule has 0 amide bonds. The molecule has 19 heavy (non-hydrogen) atoms. The van der Waals surface area contributed by atoms with Gasteiger partial charge in [0.15, 0.2) is 0 Å². The molecule has 0 aliphatic heterocycles. The third-order valence-corrected chi connectivity index (χ3v) is 3.09. The first kappa shape index (κ1) is 13.3. The summed E-state index contributed by atoms with van der Waals surface area (Å²) in [7, 11) is 1.65. The van der Waals surface area contributed by atoms with Crippen molar-refractivity contribution in [3.8, 4) is 5.75 Å². The zero-order valence-corrected chi connectivity index (χ0v) is 11.1. The number of methoxy groups -OCH3 is 1. The van der Waals surface area contributed by atoms with Crippen LogP contribution >= 0.6 is 0 Å². The quantitative estimate of drug-likeness (QED) is 0.773. The minimum Gasteiger partial charge on any atom is -0.497 e. The van der Waals surface area contributed by atoms with Gasteiger partial charge in [-0.3, -0.25) is 0 Å². The van der Waals surface area contributed by atoms with Crippen LogP contribution in [0.5, 0.6) is 5.75 Å². The second-order valence-corrected chi connectivity index (χ2v) is 4.47. The monoisotopic (exact) mass is 256 g/mol. The van der Waals surface area contributed by atoms with Gasteiger partial charge in [-0.15, -0.1) is 0 Å². The Bertz CT molecular complexity index is 540. The standard InChI is InChI=1S/C17H17FO/c1-13(15-7-9-16(18)10-8-15)3-4-14-5-11-17(19-2)12-6-14/h3-13H,1-2H3/b4-3+/t13-/m0/s1. The van der Waals surface area contributed by atoms with Crippen LogP contribution in [0.1, 0.15) is 24.0 Å². The molecule has 0 saturated carbocycles. The first-order valence-corrected chi connectivity index (χ1v) is 6.27. The fraction of sp³-hybridized carbons (Fsp3) is 0.176. The molecule has 0 aliphatic carbocycles. The van der Waals surface area contributed by atoms with Gasteiger partial charge >= 0.3 is 0 Å². The second kappa shape index (κ2) is 6.19. The fourth-order valence-electron chi connectivity index (χ4n) is 1.85. The molecule has 0 spiro atoms. The number of hydrogen-bond acceptors (Lipinski definition) is 1. The lowest BCUT2D eigenvalue weighted by molar-refractivity contribution is 0.415. The molecule has 2 heteroatoms. The van der Waals surface area contributed by atoms with E-state index in [1.165, 1.54) is 12.1 Å². The summed E-state index contributed by atoms with van der Waals surface area (Å²) in [5.41, 5.74) is 2.22. The molecule has 2 aromatic rings. The molecule has 1 atom stereocenters. The molecule has 2 aromatic carbocycles. The van der Waals surface area contributed by atoms with Gasteiger partial charge in [0.25, 0.3) is 0 Å². The molecule has 0 unspecified atom stereocenters. The van der Waals surface area contributed by atoms with Crippen LogP contribution in [0.15, 0.2) is 54.6 Å². The van der Waals surface area contributed by atoms with Crippen LogP contribution in [0.4, 0.5) is 4.39 Å². The van der Waals surface area contributed by atoms with Crippen LogP contribution in [-0.2, 0) is 0 Å². The molecular formula is C17H17FO. The average molecular weight is 256 g/mol. The maximum absolute atomic E-state index is 12.8. The fourth-order valence-corrected chi connectivity index (χ4v) is 1.85. The zero-order chi connectivity index (χ0) is 13.7. The predicted octanol–water partition coefficient (Wildman–Crippen LogP) is 4.65. The molecule has 0 aromatic heterocycles. The first-order chi connectivity index (χ1) is 9.19. The highest BCUT2D eigenvalue weighted by Gasteiger charge is 2.01. The van der Waals surface area contributed by atoms with Crippen LogP contribution in [0, 0.1) is 5.82 Å². The van der Waals surface area contributed by atoms with E-state index in [0.29, 0.717) is 0 Å². The predicted molar refractivity (Wildman–Crippen MR) is 76.8 cm³/mol. The van der Waals surface area contributed by atoms with Gasteiger partial charge in [0.05, 0.1) is 7.11 Å². The Labute approximate surface area is 113 Å². The number of hydrogen-bond donors (Lipinski definition) is 0. The molecule has 98 valence electrons. The van der Waals surface area contributed by atoms with Crippen LogP contribution in [-0.4, -0.2) is 7.11 Å². The van der Waals surface area contributed by atoms with Crippen molar-refractivity contribution in [1.82, 2.24) is 0 Å². The lowest BCUT2D eigenvalue weighted by Gasteiger charge is -2.06. The van der Waals surface area contributed by atoms with E-state index in [-0.39, 0.29) is 11.7 Å². The van der Waals surface area contributed by atoms with E-state index in [2.05, 4.69) is 19.1 Å². The van der Waals surface area contributed by atoms with Crippen molar-refractivity contribution in [2.24, 2.45) is 0 Å². The third kappa shape index (κ3) is 3.68. The summed E-state index contributed by atoms with van der Waals surface area (Å²) in [4.78, 5) is 0. The molecular weight excluding hydrogens is 239 g/mol. The summed E-state index contributed by atoms with van der Waals surface area (Å²) in [6, 6.07) is 14.5. The van der Waals surface area contributed by atoms with E-state index in [1.807, 2.05) is 36.4 Å². The molecule has 0 fully saturated rings. The molecule has 2 rings (SSSR count). The van der Waals surface area contributed by atoms with E-state index < -0.39 is 0 Å². The van der Waals surface area contributed by atoms with Crippen LogP contribution in [0.25, 0.3) is 6.08 Å². The summed E-state index contributed by atoms with van der Waals surface area (Å²) in [6.07, 6.45) is 4.17. The highest BCUT2D eigenvalue weighted by molar-refractivity contribution is 5.52. The average Bonchev–Trinajstić information content (AvgIpc) is 2.46. The van der Waals surface area contributed by atoms with E-state index in [0.717, 1.165) is 16.9 Å². The van der Waals surface area contributed by atoms with Crippen LogP contribution in [0.2, 0.25) is 0 Å². The topological polar surface area (TPSA) is 9.23 Å². The van der Waals surface area contributed by atoms with Gasteiger partial charge in [0.1, 0.15) is 11.6 Å². The lowest BCUT2D eigenvalue weighted by Crippen LogP contribution is -1.89. The van der Waals surface area contributed by atoms with Crippen molar-refractivity contribution in [1.29, 1.82) is 0 Å². The number of benzene rings is 2. The normalized spacial score (nSPS) is 12.6. The number of ether oxygens (including phenoxy) is 1. The van der Waals surface area contributed by atoms with Crippen molar-refractivity contribution < 1.29 is 9.13 Å². The highest BCUT2D eigenvalue weighted by atomic mass is 19.1. The van der Waals surface area contributed by atoms with E-state index in [1.54, 1.807) is 7.11 Å². The summed E-state index contributed by atoms with van der Waals surface area (Å²) in [5.74, 6) is 0.904. The largest absolute Gasteiger partial charge is 0.497 e. The van der Waals surface area contributed by atoms with Crippen LogP contribution in [0.3, 0.4) is 0 Å². The van der Waals surface area contributed by atoms with Crippen molar-refractivity contribution in [2.45, 2.75) is 12.8 Å². The lowest BCUT2D eigenvalue weighted by atomic mass is 10.00. The smallest absolute Gasteiger partial charge is 0.123 e. The van der Waals surface area contributed by atoms with Crippen molar-refractivity contribution >= 4 is 6.08 Å². The van der Waals surface area contributed by atoms with Crippen molar-refractivity contribution in [3.05, 3.63) is 71.6 Å². The summed E-state index contributed by atoms with van der Waals surface area (Å²) in [5, 5.41) is 0. The highest BCUT2D eigenvalue weighted by Crippen LogP contribution is 2.19. The Morgan fingerprint density at radius 2 is 1.63 bits per heavy atom. The van der Waals surface area contributed by atoms with E-state index >= 15 is 0 Å². The Morgan fingerprint density at radius 3 is 2.21 bits per heavy atom. The third-order valence-electron chi connectivity index (χ3n) is 3.09. The van der Waals surface area contributed by atoms with Gasteiger partial charge in [-0.1, -0.05) is 43.3 Å². The van der Waals surface area contributed by atoms with Crippen molar-refractivity contribution in [2.75, 3.05) is 7.11 Å². The van der Waals surface area contributed by atoms with Gasteiger partial charge in [0.2, 0.25) is 0 Å². The maximum Gasteiger partial charge on any atom is 0.123 e. The van der Waals surface area contributed by atoms with Gasteiger partial charge < -0.3 is 4.74 Å². The molecule has 0 aliphatic rings. The SMILES string of the molecule is COc1ccc(/C=C/[C@H](C)c2ccc(F)cc2)cc1. The molecule has 0 saturated heterocycles. The molecule has 1 nitrogen and oxygen atoms in total. The van der Waals surface area contributed by atoms with Gasteiger partial charge in [-0.2, -0.15) is 0 Å². The minimum absolute atomic E-state index is 0.199. The Morgan fingerprint density at radius 1 is 1.00 bits per heavy atom. The zero-order valence-electron chi connectivity index (χ0n) is 11.1. The Balaban J connectivity index is 2.06. The summed E-state index contributed by atoms with van der Waals surface area (Å²) >= 11 is 0. The summed E-state index contributed by atoms with van der Waals surface area (Å²) in [6.45, 7) is 2.09. The van der Waals surface area contributed by atoms with Crippen molar-refractivity contribution in [3.63, 3.8) is 0 Å². The summed E-state index contributed by atoms with van der Waals surface area (Å²) < 4.78 is 18.0. The molecule has 0 N–H and O–H groups in total. The van der Waals surface area contributed by atoms with Gasteiger partial charge in [-0.05, 0) is 41.3 Å². The Hall–Kier alpha value is -2.09. The first-order valence-electron chi connectivity index (χ1n) is 6.27.